The number of amides is 1. The highest BCUT2D eigenvalue weighted by molar-refractivity contribution is 5.78. The van der Waals surface area contributed by atoms with Gasteiger partial charge in [0.25, 0.3) is 0 Å². The van der Waals surface area contributed by atoms with Crippen LogP contribution >= 0.6 is 0 Å². The Labute approximate surface area is 111 Å². The highest BCUT2D eigenvalue weighted by atomic mass is 16.2. The normalized spacial score (nSPS) is 31.1. The molecule has 2 aliphatic rings. The van der Waals surface area contributed by atoms with Crippen molar-refractivity contribution in [3.05, 3.63) is 0 Å². The van der Waals surface area contributed by atoms with Crippen molar-refractivity contribution in [2.45, 2.75) is 39.2 Å². The molecule has 2 fully saturated rings. The van der Waals surface area contributed by atoms with Crippen molar-refractivity contribution in [1.82, 2.24) is 15.1 Å². The van der Waals surface area contributed by atoms with E-state index in [-0.39, 0.29) is 0 Å². The van der Waals surface area contributed by atoms with Gasteiger partial charge < -0.3 is 10.2 Å². The number of nitrogens with zero attached hydrogens (tertiary/aromatic N) is 2. The molecule has 4 nitrogen and oxygen atoms in total. The number of carbonyl (C=O) groups excluding carboxylic acids is 1. The van der Waals surface area contributed by atoms with Gasteiger partial charge in [-0.2, -0.15) is 0 Å². The maximum absolute atomic E-state index is 12.4. The number of likely N-dealkylation sites (tertiary alicyclic amines) is 1. The van der Waals surface area contributed by atoms with Gasteiger partial charge >= 0.3 is 0 Å². The molecule has 0 saturated carbocycles. The lowest BCUT2D eigenvalue weighted by molar-refractivity contribution is -0.136. The Kier molecular flexibility index (Phi) is 5.01. The van der Waals surface area contributed by atoms with Crippen LogP contribution in [-0.4, -0.2) is 61.0 Å². The molecule has 1 N–H and O–H groups in total. The van der Waals surface area contributed by atoms with Crippen LogP contribution in [0, 0.1) is 5.92 Å². The molecule has 0 aromatic carbocycles. The van der Waals surface area contributed by atoms with Crippen LogP contribution in [0.25, 0.3) is 0 Å². The van der Waals surface area contributed by atoms with Gasteiger partial charge in [0, 0.05) is 25.7 Å². The quantitative estimate of drug-likeness (QED) is 0.795. The number of hydrogen-bond donors (Lipinski definition) is 1. The van der Waals surface area contributed by atoms with Crippen molar-refractivity contribution in [1.29, 1.82) is 0 Å². The van der Waals surface area contributed by atoms with Gasteiger partial charge in [-0.05, 0) is 45.2 Å². The first kappa shape index (κ1) is 13.8. The van der Waals surface area contributed by atoms with Crippen LogP contribution in [0.5, 0.6) is 0 Å². The molecular weight excluding hydrogens is 226 g/mol. The average Bonchev–Trinajstić information content (AvgIpc) is 2.61. The van der Waals surface area contributed by atoms with Crippen molar-refractivity contribution in [3.8, 4) is 0 Å². The summed E-state index contributed by atoms with van der Waals surface area (Å²) in [7, 11) is 0. The van der Waals surface area contributed by atoms with Gasteiger partial charge in [-0.15, -0.1) is 0 Å². The second-order valence-corrected chi connectivity index (χ2v) is 5.96. The number of rotatable bonds is 2. The largest absolute Gasteiger partial charge is 0.339 e. The lowest BCUT2D eigenvalue weighted by Gasteiger charge is -2.38. The van der Waals surface area contributed by atoms with Gasteiger partial charge in [0.1, 0.15) is 0 Å². The summed E-state index contributed by atoms with van der Waals surface area (Å²) in [5.74, 6) is 0.993. The van der Waals surface area contributed by atoms with E-state index in [4.69, 9.17) is 0 Å². The summed E-state index contributed by atoms with van der Waals surface area (Å²) in [5, 5.41) is 3.38. The lowest BCUT2D eigenvalue weighted by atomic mass is 9.95. The SMILES string of the molecule is CC1CCC(C)N(C(=O)CN2CCCNCC2)C1. The molecule has 0 aromatic rings. The number of nitrogens with one attached hydrogen (secondary N) is 1. The fourth-order valence-electron chi connectivity index (χ4n) is 2.98. The molecule has 0 bridgehead atoms. The fourth-order valence-corrected chi connectivity index (χ4v) is 2.98. The molecule has 2 saturated heterocycles. The maximum Gasteiger partial charge on any atom is 0.236 e. The highest BCUT2D eigenvalue weighted by Crippen LogP contribution is 2.21. The van der Waals surface area contributed by atoms with Crippen LogP contribution in [0.3, 0.4) is 0 Å². The fraction of sp³-hybridized carbons (Fsp3) is 0.929. The van der Waals surface area contributed by atoms with E-state index in [9.17, 15) is 4.79 Å². The molecule has 2 unspecified atom stereocenters. The summed E-state index contributed by atoms with van der Waals surface area (Å²) in [6.07, 6.45) is 3.58. The Balaban J connectivity index is 1.85. The third kappa shape index (κ3) is 3.69. The molecule has 2 rings (SSSR count). The van der Waals surface area contributed by atoms with Crippen molar-refractivity contribution in [2.75, 3.05) is 39.3 Å². The minimum Gasteiger partial charge on any atom is -0.339 e. The zero-order chi connectivity index (χ0) is 13.0. The van der Waals surface area contributed by atoms with E-state index in [2.05, 4.69) is 29.0 Å². The van der Waals surface area contributed by atoms with Crippen LogP contribution in [0.4, 0.5) is 0 Å². The molecular formula is C14H27N3O. The monoisotopic (exact) mass is 253 g/mol. The molecule has 0 aromatic heterocycles. The molecule has 2 aliphatic heterocycles. The minimum absolute atomic E-state index is 0.330. The molecule has 2 atom stereocenters. The zero-order valence-corrected chi connectivity index (χ0v) is 11.8. The maximum atomic E-state index is 12.4. The van der Waals surface area contributed by atoms with Crippen LogP contribution < -0.4 is 5.32 Å². The lowest BCUT2D eigenvalue weighted by Crippen LogP contribution is -2.49. The molecule has 0 radical (unpaired) electrons. The molecule has 0 spiro atoms. The van der Waals surface area contributed by atoms with Gasteiger partial charge in [-0.3, -0.25) is 9.69 Å². The first-order valence-electron chi connectivity index (χ1n) is 7.39. The van der Waals surface area contributed by atoms with Gasteiger partial charge in [-0.1, -0.05) is 6.92 Å². The summed E-state index contributed by atoms with van der Waals surface area (Å²) in [6, 6.07) is 0.429. The van der Waals surface area contributed by atoms with Gasteiger partial charge in [0.2, 0.25) is 5.91 Å². The van der Waals surface area contributed by atoms with Crippen LogP contribution in [0.2, 0.25) is 0 Å². The van der Waals surface area contributed by atoms with Crippen molar-refractivity contribution < 1.29 is 4.79 Å². The third-order valence-corrected chi connectivity index (χ3v) is 4.23. The Morgan fingerprint density at radius 3 is 2.89 bits per heavy atom. The van der Waals surface area contributed by atoms with Crippen molar-refractivity contribution in [3.63, 3.8) is 0 Å². The van der Waals surface area contributed by atoms with E-state index in [1.807, 2.05) is 0 Å². The molecule has 2 heterocycles. The van der Waals surface area contributed by atoms with E-state index < -0.39 is 0 Å². The number of piperidine rings is 1. The first-order chi connectivity index (χ1) is 8.66. The second kappa shape index (κ2) is 6.53. The van der Waals surface area contributed by atoms with E-state index >= 15 is 0 Å². The topological polar surface area (TPSA) is 35.6 Å². The van der Waals surface area contributed by atoms with E-state index in [1.165, 1.54) is 6.42 Å². The summed E-state index contributed by atoms with van der Waals surface area (Å²) in [4.78, 5) is 16.8. The Morgan fingerprint density at radius 1 is 1.22 bits per heavy atom. The van der Waals surface area contributed by atoms with Crippen LogP contribution in [-0.2, 0) is 4.79 Å². The predicted molar refractivity (Wildman–Crippen MR) is 73.5 cm³/mol. The smallest absolute Gasteiger partial charge is 0.236 e. The Bertz CT molecular complexity index is 274. The second-order valence-electron chi connectivity index (χ2n) is 5.96. The predicted octanol–water partition coefficient (Wildman–Crippen LogP) is 0.929. The molecule has 18 heavy (non-hydrogen) atoms. The zero-order valence-electron chi connectivity index (χ0n) is 11.8. The van der Waals surface area contributed by atoms with Gasteiger partial charge in [0.15, 0.2) is 0 Å². The average molecular weight is 253 g/mol. The van der Waals surface area contributed by atoms with Crippen molar-refractivity contribution in [2.24, 2.45) is 5.92 Å². The molecule has 1 amide bonds. The first-order valence-corrected chi connectivity index (χ1v) is 7.39. The Morgan fingerprint density at radius 2 is 2.06 bits per heavy atom. The molecule has 0 aliphatic carbocycles. The van der Waals surface area contributed by atoms with E-state index in [0.717, 1.165) is 45.6 Å². The summed E-state index contributed by atoms with van der Waals surface area (Å²) < 4.78 is 0. The Hall–Kier alpha value is -0.610. The number of carbonyl (C=O) groups is 1. The van der Waals surface area contributed by atoms with Crippen molar-refractivity contribution >= 4 is 5.91 Å². The van der Waals surface area contributed by atoms with Gasteiger partial charge in [0.05, 0.1) is 6.54 Å². The van der Waals surface area contributed by atoms with Crippen LogP contribution in [0.15, 0.2) is 0 Å². The van der Waals surface area contributed by atoms with E-state index in [1.54, 1.807) is 0 Å². The third-order valence-electron chi connectivity index (χ3n) is 4.23. The summed E-state index contributed by atoms with van der Waals surface area (Å²) in [6.45, 7) is 10.2. The van der Waals surface area contributed by atoms with E-state index in [0.29, 0.717) is 24.4 Å². The summed E-state index contributed by atoms with van der Waals surface area (Å²) in [5.41, 5.74) is 0. The molecule has 4 heteroatoms. The number of hydrogen-bond acceptors (Lipinski definition) is 3. The highest BCUT2D eigenvalue weighted by Gasteiger charge is 2.27. The molecule has 104 valence electrons. The van der Waals surface area contributed by atoms with Gasteiger partial charge in [-0.25, -0.2) is 0 Å². The minimum atomic E-state index is 0.330. The van der Waals surface area contributed by atoms with Crippen LogP contribution in [0.1, 0.15) is 33.1 Å². The summed E-state index contributed by atoms with van der Waals surface area (Å²) >= 11 is 0. The standard InChI is InChI=1S/C14H27N3O/c1-12-4-5-13(2)17(10-12)14(18)11-16-8-3-6-15-7-9-16/h12-13,15H,3-11H2,1-2H3.